The van der Waals surface area contributed by atoms with E-state index in [1.807, 2.05) is 0 Å². The first kappa shape index (κ1) is 18.5. The molecule has 0 bridgehead atoms. The number of non-ortho nitro benzene ring substituents is 1. The number of nitro benzene ring substituents is 1. The number of hydrogen-bond acceptors (Lipinski definition) is 6. The normalized spacial score (nSPS) is 10.6. The molecule has 2 rings (SSSR count). The summed E-state index contributed by atoms with van der Waals surface area (Å²) < 4.78 is 5.22. The fourth-order valence-electron chi connectivity index (χ4n) is 1.70. The molecular weight excluding hydrogens is 373 g/mol. The van der Waals surface area contributed by atoms with Crippen molar-refractivity contribution in [2.75, 3.05) is 6.61 Å². The summed E-state index contributed by atoms with van der Waals surface area (Å²) in [4.78, 5) is 21.7. The zero-order valence-corrected chi connectivity index (χ0v) is 14.0. The Kier molecular flexibility index (Phi) is 6.15. The van der Waals surface area contributed by atoms with Gasteiger partial charge in [-0.3, -0.25) is 14.9 Å². The van der Waals surface area contributed by atoms with E-state index < -0.39 is 10.8 Å². The van der Waals surface area contributed by atoms with Crippen LogP contribution in [0.5, 0.6) is 11.5 Å². The van der Waals surface area contributed by atoms with Crippen molar-refractivity contribution in [2.24, 2.45) is 5.10 Å². The molecule has 2 aromatic carbocycles. The molecule has 0 aliphatic heterocycles. The van der Waals surface area contributed by atoms with Crippen molar-refractivity contribution < 1.29 is 19.6 Å². The Morgan fingerprint density at radius 2 is 2.08 bits per heavy atom. The predicted molar refractivity (Wildman–Crippen MR) is 92.5 cm³/mol. The van der Waals surface area contributed by atoms with E-state index in [0.717, 1.165) is 24.4 Å². The van der Waals surface area contributed by atoms with E-state index in [0.29, 0.717) is 5.02 Å². The van der Waals surface area contributed by atoms with Gasteiger partial charge in [-0.1, -0.05) is 23.2 Å². The van der Waals surface area contributed by atoms with Crippen LogP contribution < -0.4 is 10.2 Å². The van der Waals surface area contributed by atoms with Crippen molar-refractivity contribution >= 4 is 41.0 Å². The SMILES string of the molecule is O=C(COc1ccc(Cl)cc1Cl)N/N=C/c1cc([N+](=O)[O-])ccc1O. The van der Waals surface area contributed by atoms with Crippen molar-refractivity contribution in [3.05, 3.63) is 62.1 Å². The molecule has 2 N–H and O–H groups in total. The molecule has 0 unspecified atom stereocenters. The zero-order chi connectivity index (χ0) is 18.4. The fraction of sp³-hybridized carbons (Fsp3) is 0.0667. The number of hydrazone groups is 1. The Morgan fingerprint density at radius 1 is 1.32 bits per heavy atom. The number of rotatable bonds is 6. The second-order valence-electron chi connectivity index (χ2n) is 4.66. The number of nitro groups is 1. The smallest absolute Gasteiger partial charge is 0.277 e. The van der Waals surface area contributed by atoms with Gasteiger partial charge in [-0.15, -0.1) is 0 Å². The lowest BCUT2D eigenvalue weighted by atomic mass is 10.2. The average Bonchev–Trinajstić information content (AvgIpc) is 2.55. The number of carbonyl (C=O) groups excluding carboxylic acids is 1. The lowest BCUT2D eigenvalue weighted by Gasteiger charge is -2.07. The van der Waals surface area contributed by atoms with Gasteiger partial charge in [0, 0.05) is 22.7 Å². The summed E-state index contributed by atoms with van der Waals surface area (Å²) in [5.74, 6) is -0.526. The molecule has 10 heteroatoms. The first-order valence-corrected chi connectivity index (χ1v) is 7.49. The number of hydrogen-bond donors (Lipinski definition) is 2. The number of nitrogens with zero attached hydrogens (tertiary/aromatic N) is 2. The van der Waals surface area contributed by atoms with Crippen LogP contribution in [0.15, 0.2) is 41.5 Å². The average molecular weight is 384 g/mol. The van der Waals surface area contributed by atoms with Gasteiger partial charge >= 0.3 is 0 Å². The van der Waals surface area contributed by atoms with Crippen LogP contribution in [0.3, 0.4) is 0 Å². The highest BCUT2D eigenvalue weighted by atomic mass is 35.5. The van der Waals surface area contributed by atoms with Crippen LogP contribution in [-0.2, 0) is 4.79 Å². The van der Waals surface area contributed by atoms with E-state index in [1.165, 1.54) is 12.1 Å². The number of amides is 1. The molecule has 0 atom stereocenters. The maximum atomic E-state index is 11.7. The highest BCUT2D eigenvalue weighted by Crippen LogP contribution is 2.27. The first-order chi connectivity index (χ1) is 11.9. The molecule has 0 aliphatic rings. The van der Waals surface area contributed by atoms with Crippen molar-refractivity contribution in [1.82, 2.24) is 5.43 Å². The topological polar surface area (TPSA) is 114 Å². The van der Waals surface area contributed by atoms with Crippen molar-refractivity contribution in [3.63, 3.8) is 0 Å². The number of phenolic OH excluding ortho intramolecular Hbond substituents is 1. The van der Waals surface area contributed by atoms with Gasteiger partial charge in [0.05, 0.1) is 16.2 Å². The second-order valence-corrected chi connectivity index (χ2v) is 5.50. The Bertz CT molecular complexity index is 842. The Labute approximate surface area is 151 Å². The lowest BCUT2D eigenvalue weighted by molar-refractivity contribution is -0.384. The first-order valence-electron chi connectivity index (χ1n) is 6.74. The number of aromatic hydroxyl groups is 1. The molecule has 1 amide bonds. The van der Waals surface area contributed by atoms with E-state index in [4.69, 9.17) is 27.9 Å². The molecule has 0 aliphatic carbocycles. The van der Waals surface area contributed by atoms with E-state index in [1.54, 1.807) is 6.07 Å². The summed E-state index contributed by atoms with van der Waals surface area (Å²) in [6.45, 7) is -0.361. The predicted octanol–water partition coefficient (Wildman–Crippen LogP) is 3.14. The third-order valence-corrected chi connectivity index (χ3v) is 3.40. The molecular formula is C15H11Cl2N3O5. The van der Waals surface area contributed by atoms with Crippen molar-refractivity contribution in [2.45, 2.75) is 0 Å². The van der Waals surface area contributed by atoms with Crippen LogP contribution in [0.25, 0.3) is 0 Å². The van der Waals surface area contributed by atoms with Crippen LogP contribution in [0.1, 0.15) is 5.56 Å². The molecule has 0 saturated heterocycles. The maximum absolute atomic E-state index is 11.7. The molecule has 0 spiro atoms. The van der Waals surface area contributed by atoms with Gasteiger partial charge < -0.3 is 9.84 Å². The van der Waals surface area contributed by atoms with E-state index in [-0.39, 0.29) is 34.4 Å². The maximum Gasteiger partial charge on any atom is 0.277 e. The zero-order valence-electron chi connectivity index (χ0n) is 12.5. The summed E-state index contributed by atoms with van der Waals surface area (Å²) in [6.07, 6.45) is 1.08. The molecule has 0 heterocycles. The number of phenols is 1. The minimum Gasteiger partial charge on any atom is -0.507 e. The molecule has 25 heavy (non-hydrogen) atoms. The minimum atomic E-state index is -0.612. The van der Waals surface area contributed by atoms with Gasteiger partial charge in [-0.25, -0.2) is 5.43 Å². The second kappa shape index (κ2) is 8.32. The fourth-order valence-corrected chi connectivity index (χ4v) is 2.16. The molecule has 0 saturated carbocycles. The van der Waals surface area contributed by atoms with E-state index >= 15 is 0 Å². The van der Waals surface area contributed by atoms with Crippen LogP contribution >= 0.6 is 23.2 Å². The van der Waals surface area contributed by atoms with Gasteiger partial charge in [0.15, 0.2) is 6.61 Å². The molecule has 8 nitrogen and oxygen atoms in total. The van der Waals surface area contributed by atoms with Gasteiger partial charge in [-0.2, -0.15) is 5.10 Å². The summed E-state index contributed by atoms with van der Waals surface area (Å²) in [6, 6.07) is 7.97. The third-order valence-electron chi connectivity index (χ3n) is 2.87. The number of halogens is 2. The molecule has 2 aromatic rings. The Morgan fingerprint density at radius 3 is 2.76 bits per heavy atom. The highest BCUT2D eigenvalue weighted by Gasteiger charge is 2.09. The van der Waals surface area contributed by atoms with E-state index in [2.05, 4.69) is 10.5 Å². The molecule has 0 fully saturated rings. The largest absolute Gasteiger partial charge is 0.507 e. The molecule has 0 radical (unpaired) electrons. The van der Waals surface area contributed by atoms with Gasteiger partial charge in [0.1, 0.15) is 11.5 Å². The minimum absolute atomic E-state index is 0.0798. The highest BCUT2D eigenvalue weighted by molar-refractivity contribution is 6.35. The Balaban J connectivity index is 1.92. The quantitative estimate of drug-likeness (QED) is 0.451. The standard InChI is InChI=1S/C15H11Cl2N3O5/c16-10-1-4-14(12(17)6-10)25-8-15(22)19-18-7-9-5-11(20(23)24)2-3-13(9)21/h1-7,21H,8H2,(H,19,22)/b18-7+. The summed E-state index contributed by atoms with van der Waals surface area (Å²) in [7, 11) is 0. The lowest BCUT2D eigenvalue weighted by Crippen LogP contribution is -2.24. The van der Waals surface area contributed by atoms with Crippen LogP contribution in [0.4, 0.5) is 5.69 Å². The molecule has 0 aromatic heterocycles. The summed E-state index contributed by atoms with van der Waals surface area (Å²) in [5.41, 5.74) is 2.03. The number of ether oxygens (including phenoxy) is 1. The van der Waals surface area contributed by atoms with Crippen LogP contribution in [0, 0.1) is 10.1 Å². The number of benzene rings is 2. The third kappa shape index (κ3) is 5.33. The van der Waals surface area contributed by atoms with Gasteiger partial charge in [0.2, 0.25) is 0 Å². The van der Waals surface area contributed by atoms with Crippen LogP contribution in [-0.4, -0.2) is 28.8 Å². The summed E-state index contributed by atoms with van der Waals surface area (Å²) >= 11 is 11.7. The van der Waals surface area contributed by atoms with Crippen molar-refractivity contribution in [1.29, 1.82) is 0 Å². The number of nitrogens with one attached hydrogen (secondary N) is 1. The molecule has 130 valence electrons. The monoisotopic (exact) mass is 383 g/mol. The van der Waals surface area contributed by atoms with Gasteiger partial charge in [0.25, 0.3) is 11.6 Å². The van der Waals surface area contributed by atoms with Crippen LogP contribution in [0.2, 0.25) is 10.0 Å². The van der Waals surface area contributed by atoms with Gasteiger partial charge in [-0.05, 0) is 24.3 Å². The number of carbonyl (C=O) groups is 1. The van der Waals surface area contributed by atoms with E-state index in [9.17, 15) is 20.0 Å². The van der Waals surface area contributed by atoms with Crippen molar-refractivity contribution in [3.8, 4) is 11.5 Å². The summed E-state index contributed by atoms with van der Waals surface area (Å²) in [5, 5.41) is 24.6. The Hall–Kier alpha value is -2.84.